The fraction of sp³-hybridized carbons (Fsp3) is 0.333. The van der Waals surface area contributed by atoms with Gasteiger partial charge in [0, 0.05) is 35.3 Å². The fourth-order valence-corrected chi connectivity index (χ4v) is 4.27. The van der Waals surface area contributed by atoms with E-state index in [4.69, 9.17) is 5.73 Å². The summed E-state index contributed by atoms with van der Waals surface area (Å²) in [6.45, 7) is 7.89. The Labute approximate surface area is 177 Å². The van der Waals surface area contributed by atoms with Crippen LogP contribution in [0.25, 0.3) is 22.5 Å². The molecule has 1 aliphatic rings. The molecule has 6 heteroatoms. The Morgan fingerprint density at radius 1 is 1.07 bits per heavy atom. The number of rotatable bonds is 8. The molecule has 1 aliphatic carbocycles. The molecule has 0 saturated carbocycles. The van der Waals surface area contributed by atoms with Gasteiger partial charge in [0.1, 0.15) is 0 Å². The zero-order valence-corrected chi connectivity index (χ0v) is 17.7. The van der Waals surface area contributed by atoms with Crippen LogP contribution in [0.15, 0.2) is 48.5 Å². The van der Waals surface area contributed by atoms with Gasteiger partial charge >= 0.3 is 6.03 Å². The van der Waals surface area contributed by atoms with E-state index in [9.17, 15) is 4.79 Å². The molecule has 0 radical (unpaired) electrons. The summed E-state index contributed by atoms with van der Waals surface area (Å²) in [6.07, 6.45) is 1.77. The molecule has 0 fully saturated rings. The number of amides is 2. The quantitative estimate of drug-likeness (QED) is 0.461. The molecule has 4 rings (SSSR count). The highest BCUT2D eigenvalue weighted by atomic mass is 16.2. The van der Waals surface area contributed by atoms with Gasteiger partial charge < -0.3 is 10.6 Å². The van der Waals surface area contributed by atoms with Gasteiger partial charge in [-0.2, -0.15) is 5.10 Å². The second-order valence-electron chi connectivity index (χ2n) is 7.68. The Kier molecular flexibility index (Phi) is 5.86. The summed E-state index contributed by atoms with van der Waals surface area (Å²) in [4.78, 5) is 16.0. The van der Waals surface area contributed by atoms with Crippen LogP contribution in [0.2, 0.25) is 0 Å². The molecule has 0 bridgehead atoms. The molecule has 0 aliphatic heterocycles. The first-order valence-electron chi connectivity index (χ1n) is 10.7. The van der Waals surface area contributed by atoms with Crippen molar-refractivity contribution < 1.29 is 4.79 Å². The van der Waals surface area contributed by atoms with E-state index in [1.807, 2.05) is 24.3 Å². The number of aromatic nitrogens is 2. The van der Waals surface area contributed by atoms with Gasteiger partial charge in [0.15, 0.2) is 0 Å². The minimum Gasteiger partial charge on any atom is -0.351 e. The van der Waals surface area contributed by atoms with Crippen molar-refractivity contribution in [1.82, 2.24) is 15.1 Å². The van der Waals surface area contributed by atoms with Gasteiger partial charge in [-0.1, -0.05) is 50.2 Å². The van der Waals surface area contributed by atoms with E-state index in [2.05, 4.69) is 53.2 Å². The number of nitrogens with zero attached hydrogens (tertiary/aromatic N) is 3. The van der Waals surface area contributed by atoms with Crippen molar-refractivity contribution >= 4 is 11.7 Å². The highest BCUT2D eigenvalue weighted by Gasteiger charge is 2.24. The van der Waals surface area contributed by atoms with Gasteiger partial charge in [0.05, 0.1) is 11.4 Å². The molecule has 0 unspecified atom stereocenters. The summed E-state index contributed by atoms with van der Waals surface area (Å²) in [6, 6.07) is 16.0. The number of hydrogen-bond donors (Lipinski definition) is 2. The Morgan fingerprint density at radius 3 is 2.50 bits per heavy atom. The predicted octanol–water partition coefficient (Wildman–Crippen LogP) is 4.26. The highest BCUT2D eigenvalue weighted by Crippen LogP contribution is 2.40. The van der Waals surface area contributed by atoms with Crippen molar-refractivity contribution in [1.29, 1.82) is 0 Å². The zero-order chi connectivity index (χ0) is 21.1. The molecule has 30 heavy (non-hydrogen) atoms. The van der Waals surface area contributed by atoms with Crippen LogP contribution in [-0.4, -0.2) is 47.3 Å². The van der Waals surface area contributed by atoms with Crippen LogP contribution in [0, 0.1) is 0 Å². The van der Waals surface area contributed by atoms with Gasteiger partial charge in [-0.3, -0.25) is 10.00 Å². The summed E-state index contributed by atoms with van der Waals surface area (Å²) < 4.78 is 0. The Balaban J connectivity index is 1.50. The number of benzene rings is 2. The van der Waals surface area contributed by atoms with E-state index in [1.165, 1.54) is 16.7 Å². The van der Waals surface area contributed by atoms with Gasteiger partial charge in [-0.15, -0.1) is 0 Å². The summed E-state index contributed by atoms with van der Waals surface area (Å²) in [5.41, 5.74) is 13.4. The molecule has 3 aromatic rings. The third-order valence-electron chi connectivity index (χ3n) is 5.99. The van der Waals surface area contributed by atoms with E-state index in [0.717, 1.165) is 55.1 Å². The number of fused-ring (bicyclic) bond motifs is 3. The topological polar surface area (TPSA) is 78.2 Å². The smallest absolute Gasteiger partial charge is 0.319 e. The Morgan fingerprint density at radius 2 is 1.80 bits per heavy atom. The van der Waals surface area contributed by atoms with E-state index in [-0.39, 0.29) is 0 Å². The summed E-state index contributed by atoms with van der Waals surface area (Å²) >= 11 is 0. The number of hydrogen-bond acceptors (Lipinski definition) is 3. The van der Waals surface area contributed by atoms with Crippen LogP contribution >= 0.6 is 0 Å². The number of aromatic amines is 1. The van der Waals surface area contributed by atoms with Gasteiger partial charge in [0.2, 0.25) is 0 Å². The van der Waals surface area contributed by atoms with Crippen LogP contribution < -0.4 is 10.6 Å². The summed E-state index contributed by atoms with van der Waals surface area (Å²) in [7, 11) is 0. The lowest BCUT2D eigenvalue weighted by atomic mass is 10.0. The third-order valence-corrected chi connectivity index (χ3v) is 5.99. The van der Waals surface area contributed by atoms with Crippen molar-refractivity contribution in [3.63, 3.8) is 0 Å². The number of primary amides is 1. The zero-order valence-electron chi connectivity index (χ0n) is 17.7. The molecular formula is C24H29N5O. The van der Waals surface area contributed by atoms with E-state index in [0.29, 0.717) is 6.54 Å². The molecule has 6 nitrogen and oxygen atoms in total. The van der Waals surface area contributed by atoms with E-state index >= 15 is 0 Å². The van der Waals surface area contributed by atoms with Crippen LogP contribution in [0.4, 0.5) is 10.5 Å². The molecule has 1 heterocycles. The molecule has 0 atom stereocenters. The van der Waals surface area contributed by atoms with Crippen molar-refractivity contribution in [3.8, 4) is 22.5 Å². The molecular weight excluding hydrogens is 374 g/mol. The first-order valence-corrected chi connectivity index (χ1v) is 10.7. The first-order chi connectivity index (χ1) is 14.6. The number of carbonyl (C=O) groups excluding carboxylic acids is 1. The van der Waals surface area contributed by atoms with Crippen molar-refractivity contribution in [2.24, 2.45) is 5.73 Å². The minimum absolute atomic E-state index is 0.418. The normalized spacial score (nSPS) is 12.1. The standard InChI is InChI=1S/C24H29N5O/c1-3-28(4-2)14-7-15-29(24(25)30)19-12-10-17(11-13-19)22-21-16-18-8-5-6-9-20(18)23(21)27-26-22/h5-6,8-13H,3-4,7,14-16H2,1-2H3,(H2,25,30)(H,26,27). The second-order valence-corrected chi connectivity index (χ2v) is 7.68. The largest absolute Gasteiger partial charge is 0.351 e. The Bertz CT molecular complexity index is 1020. The maximum atomic E-state index is 12.0. The van der Waals surface area contributed by atoms with Crippen LogP contribution in [0.5, 0.6) is 0 Å². The molecule has 156 valence electrons. The monoisotopic (exact) mass is 403 g/mol. The third kappa shape index (κ3) is 3.83. The van der Waals surface area contributed by atoms with E-state index in [1.54, 1.807) is 4.90 Å². The average molecular weight is 404 g/mol. The lowest BCUT2D eigenvalue weighted by molar-refractivity contribution is 0.252. The lowest BCUT2D eigenvalue weighted by Crippen LogP contribution is -2.38. The number of carbonyl (C=O) groups is 1. The van der Waals surface area contributed by atoms with Crippen LogP contribution in [0.3, 0.4) is 0 Å². The molecule has 0 saturated heterocycles. The SMILES string of the molecule is CCN(CC)CCCN(C(N)=O)c1ccc(-c2n[nH]c3c2Cc2ccccc2-3)cc1. The molecule has 2 aromatic carbocycles. The number of nitrogens with one attached hydrogen (secondary N) is 1. The molecule has 2 amide bonds. The summed E-state index contributed by atoms with van der Waals surface area (Å²) in [5, 5.41) is 7.78. The number of nitrogens with two attached hydrogens (primary N) is 1. The Hall–Kier alpha value is -3.12. The number of H-pyrrole nitrogens is 1. The number of anilines is 1. The second kappa shape index (κ2) is 8.71. The van der Waals surface area contributed by atoms with Gasteiger partial charge in [-0.05, 0) is 43.8 Å². The minimum atomic E-state index is -0.418. The molecule has 3 N–H and O–H groups in total. The maximum Gasteiger partial charge on any atom is 0.319 e. The molecule has 0 spiro atoms. The van der Waals surface area contributed by atoms with E-state index < -0.39 is 6.03 Å². The van der Waals surface area contributed by atoms with Gasteiger partial charge in [-0.25, -0.2) is 4.79 Å². The first kappa shape index (κ1) is 20.2. The highest BCUT2D eigenvalue weighted by molar-refractivity contribution is 5.91. The maximum absolute atomic E-state index is 12.0. The van der Waals surface area contributed by atoms with Crippen molar-refractivity contribution in [2.45, 2.75) is 26.7 Å². The van der Waals surface area contributed by atoms with Crippen LogP contribution in [0.1, 0.15) is 31.4 Å². The lowest BCUT2D eigenvalue weighted by Gasteiger charge is -2.23. The van der Waals surface area contributed by atoms with Gasteiger partial charge in [0.25, 0.3) is 0 Å². The predicted molar refractivity (Wildman–Crippen MR) is 122 cm³/mol. The van der Waals surface area contributed by atoms with Crippen LogP contribution in [-0.2, 0) is 6.42 Å². The summed E-state index contributed by atoms with van der Waals surface area (Å²) in [5.74, 6) is 0. The fourth-order valence-electron chi connectivity index (χ4n) is 4.27. The molecule has 1 aromatic heterocycles. The number of urea groups is 1. The average Bonchev–Trinajstić information content (AvgIpc) is 3.33. The van der Waals surface area contributed by atoms with Crippen molar-refractivity contribution in [3.05, 3.63) is 59.7 Å². The van der Waals surface area contributed by atoms with Crippen molar-refractivity contribution in [2.75, 3.05) is 31.1 Å².